The van der Waals surface area contributed by atoms with E-state index >= 15 is 0 Å². The molecule has 0 spiro atoms. The van der Waals surface area contributed by atoms with E-state index in [1.165, 1.54) is 31.4 Å². The second-order valence-electron chi connectivity index (χ2n) is 6.78. The van der Waals surface area contributed by atoms with Crippen molar-refractivity contribution in [2.45, 2.75) is 25.4 Å². The van der Waals surface area contributed by atoms with E-state index in [9.17, 15) is 18.0 Å². The third-order valence-corrected chi connectivity index (χ3v) is 4.70. The van der Waals surface area contributed by atoms with Gasteiger partial charge in [-0.15, -0.1) is 0 Å². The number of likely N-dealkylation sites (tertiary alicyclic amines) is 1. The second kappa shape index (κ2) is 9.10. The Bertz CT molecular complexity index is 802. The number of carbonyl (C=O) groups is 1. The summed E-state index contributed by atoms with van der Waals surface area (Å²) in [6.45, 7) is 3.42. The molecule has 3 rings (SSSR count). The van der Waals surface area contributed by atoms with Gasteiger partial charge in [-0.2, -0.15) is 13.2 Å². The maximum Gasteiger partial charge on any atom is 0.416 e. The Morgan fingerprint density at radius 1 is 1.04 bits per heavy atom. The molecule has 1 amide bonds. The lowest BCUT2D eigenvalue weighted by Gasteiger charge is -2.26. The molecule has 0 aliphatic carbocycles. The summed E-state index contributed by atoms with van der Waals surface area (Å²) in [5.41, 5.74) is -0.479. The van der Waals surface area contributed by atoms with Crippen LogP contribution in [0.2, 0.25) is 0 Å². The average Bonchev–Trinajstić information content (AvgIpc) is 2.69. The first kappa shape index (κ1) is 20.2. The molecule has 0 aromatic heterocycles. The number of hydrogen-bond acceptors (Lipinski definition) is 3. The van der Waals surface area contributed by atoms with Crippen molar-refractivity contribution in [3.8, 4) is 5.75 Å². The number of amides is 1. The first-order chi connectivity index (χ1) is 13.4. The summed E-state index contributed by atoms with van der Waals surface area (Å²) >= 11 is 0. The van der Waals surface area contributed by atoms with Crippen molar-refractivity contribution in [1.82, 2.24) is 4.90 Å². The number of anilines is 1. The highest BCUT2D eigenvalue weighted by Gasteiger charge is 2.31. The second-order valence-corrected chi connectivity index (χ2v) is 6.78. The summed E-state index contributed by atoms with van der Waals surface area (Å²) in [6, 6.07) is 11.3. The standard InChI is InChI=1S/C21H23F3N2O2/c22-21(23,24)17-8-6-7-16(15-17)20(27)25-18-9-2-3-10-19(18)28-14-13-26-11-4-1-5-12-26/h2-3,6-10,15H,1,4-5,11-14H2,(H,25,27). The fourth-order valence-corrected chi connectivity index (χ4v) is 3.19. The number of ether oxygens (including phenoxy) is 1. The molecule has 0 bridgehead atoms. The monoisotopic (exact) mass is 392 g/mol. The normalized spacial score (nSPS) is 15.2. The van der Waals surface area contributed by atoms with Crippen LogP contribution in [0.15, 0.2) is 48.5 Å². The lowest BCUT2D eigenvalue weighted by molar-refractivity contribution is -0.137. The smallest absolute Gasteiger partial charge is 0.416 e. The number of halogens is 3. The molecule has 0 unspecified atom stereocenters. The fraction of sp³-hybridized carbons (Fsp3) is 0.381. The van der Waals surface area contributed by atoms with Gasteiger partial charge in [0.1, 0.15) is 12.4 Å². The van der Waals surface area contributed by atoms with E-state index < -0.39 is 17.6 Å². The fourth-order valence-electron chi connectivity index (χ4n) is 3.19. The van der Waals surface area contributed by atoms with Crippen molar-refractivity contribution in [2.75, 3.05) is 31.6 Å². The Morgan fingerprint density at radius 3 is 2.54 bits per heavy atom. The van der Waals surface area contributed by atoms with Crippen LogP contribution in [0, 0.1) is 0 Å². The number of nitrogens with zero attached hydrogens (tertiary/aromatic N) is 1. The molecule has 4 nitrogen and oxygen atoms in total. The molecule has 0 radical (unpaired) electrons. The Balaban J connectivity index is 1.63. The van der Waals surface area contributed by atoms with Crippen LogP contribution in [0.3, 0.4) is 0 Å². The third kappa shape index (κ3) is 5.48. The number of benzene rings is 2. The van der Waals surface area contributed by atoms with Crippen LogP contribution in [0.1, 0.15) is 35.2 Å². The molecule has 150 valence electrons. The highest BCUT2D eigenvalue weighted by molar-refractivity contribution is 6.05. The van der Waals surface area contributed by atoms with Gasteiger partial charge in [-0.25, -0.2) is 0 Å². The zero-order chi connectivity index (χ0) is 20.0. The van der Waals surface area contributed by atoms with Crippen LogP contribution in [0.5, 0.6) is 5.75 Å². The van der Waals surface area contributed by atoms with Crippen LogP contribution >= 0.6 is 0 Å². The zero-order valence-electron chi connectivity index (χ0n) is 15.5. The summed E-state index contributed by atoms with van der Waals surface area (Å²) in [4.78, 5) is 14.8. The number of nitrogens with one attached hydrogen (secondary N) is 1. The van der Waals surface area contributed by atoms with E-state index in [4.69, 9.17) is 4.74 Å². The number of piperidine rings is 1. The van der Waals surface area contributed by atoms with Crippen molar-refractivity contribution in [1.29, 1.82) is 0 Å². The van der Waals surface area contributed by atoms with Gasteiger partial charge in [0.05, 0.1) is 11.3 Å². The minimum atomic E-state index is -4.49. The molecular weight excluding hydrogens is 369 g/mol. The maximum absolute atomic E-state index is 12.9. The first-order valence-electron chi connectivity index (χ1n) is 9.36. The molecule has 1 aliphatic heterocycles. The quantitative estimate of drug-likeness (QED) is 0.766. The molecule has 1 N–H and O–H groups in total. The van der Waals surface area contributed by atoms with Gasteiger partial charge < -0.3 is 10.1 Å². The first-order valence-corrected chi connectivity index (χ1v) is 9.36. The van der Waals surface area contributed by atoms with Crippen molar-refractivity contribution < 1.29 is 22.7 Å². The lowest BCUT2D eigenvalue weighted by atomic mass is 10.1. The molecule has 2 aromatic carbocycles. The van der Waals surface area contributed by atoms with E-state index in [0.29, 0.717) is 18.0 Å². The Hall–Kier alpha value is -2.54. The number of alkyl halides is 3. The molecular formula is C21H23F3N2O2. The van der Waals surface area contributed by atoms with Crippen molar-refractivity contribution >= 4 is 11.6 Å². The Kier molecular flexibility index (Phi) is 6.57. The third-order valence-electron chi connectivity index (χ3n) is 4.70. The summed E-state index contributed by atoms with van der Waals surface area (Å²) in [5.74, 6) is -0.113. The summed E-state index contributed by atoms with van der Waals surface area (Å²) in [7, 11) is 0. The van der Waals surface area contributed by atoms with Crippen LogP contribution in [0.25, 0.3) is 0 Å². The molecule has 28 heavy (non-hydrogen) atoms. The van der Waals surface area contributed by atoms with Crippen molar-refractivity contribution in [2.24, 2.45) is 0 Å². The predicted molar refractivity (Wildman–Crippen MR) is 102 cm³/mol. The number of para-hydroxylation sites is 2. The van der Waals surface area contributed by atoms with Crippen molar-refractivity contribution in [3.63, 3.8) is 0 Å². The minimum Gasteiger partial charge on any atom is -0.490 e. The Labute approximate surface area is 162 Å². The Morgan fingerprint density at radius 2 is 1.79 bits per heavy atom. The summed E-state index contributed by atoms with van der Waals surface area (Å²) in [6.07, 6.45) is -0.833. The van der Waals surface area contributed by atoms with Crippen LogP contribution in [-0.2, 0) is 6.18 Å². The molecule has 1 aliphatic rings. The molecule has 2 aromatic rings. The zero-order valence-corrected chi connectivity index (χ0v) is 15.5. The van der Waals surface area contributed by atoms with E-state index in [0.717, 1.165) is 31.8 Å². The van der Waals surface area contributed by atoms with Gasteiger partial charge in [-0.3, -0.25) is 9.69 Å². The van der Waals surface area contributed by atoms with E-state index in [2.05, 4.69) is 10.2 Å². The molecule has 7 heteroatoms. The van der Waals surface area contributed by atoms with E-state index in [1.807, 2.05) is 0 Å². The summed E-state index contributed by atoms with van der Waals surface area (Å²) < 4.78 is 44.4. The van der Waals surface area contributed by atoms with Gasteiger partial charge >= 0.3 is 6.18 Å². The lowest BCUT2D eigenvalue weighted by Crippen LogP contribution is -2.33. The number of carbonyl (C=O) groups excluding carboxylic acids is 1. The molecule has 1 fully saturated rings. The van der Waals surface area contributed by atoms with Crippen LogP contribution in [0.4, 0.5) is 18.9 Å². The minimum absolute atomic E-state index is 0.0575. The SMILES string of the molecule is O=C(Nc1ccccc1OCCN1CCCCC1)c1cccc(C(F)(F)F)c1. The maximum atomic E-state index is 12.9. The van der Waals surface area contributed by atoms with Crippen LogP contribution in [-0.4, -0.2) is 37.0 Å². The van der Waals surface area contributed by atoms with Gasteiger partial charge in [0.15, 0.2) is 0 Å². The van der Waals surface area contributed by atoms with Crippen molar-refractivity contribution in [3.05, 3.63) is 59.7 Å². The van der Waals surface area contributed by atoms with Gasteiger partial charge in [-0.1, -0.05) is 24.6 Å². The highest BCUT2D eigenvalue weighted by atomic mass is 19.4. The largest absolute Gasteiger partial charge is 0.490 e. The molecule has 0 saturated carbocycles. The van der Waals surface area contributed by atoms with Gasteiger partial charge in [-0.05, 0) is 56.3 Å². The average molecular weight is 392 g/mol. The van der Waals surface area contributed by atoms with E-state index in [-0.39, 0.29) is 5.56 Å². The molecule has 0 atom stereocenters. The van der Waals surface area contributed by atoms with Gasteiger partial charge in [0, 0.05) is 12.1 Å². The van der Waals surface area contributed by atoms with Crippen LogP contribution < -0.4 is 10.1 Å². The summed E-state index contributed by atoms with van der Waals surface area (Å²) in [5, 5.41) is 2.65. The molecule has 1 heterocycles. The highest BCUT2D eigenvalue weighted by Crippen LogP contribution is 2.30. The predicted octanol–water partition coefficient (Wildman–Crippen LogP) is 4.82. The van der Waals surface area contributed by atoms with Gasteiger partial charge in [0.25, 0.3) is 5.91 Å². The topological polar surface area (TPSA) is 41.6 Å². The number of hydrogen-bond donors (Lipinski definition) is 1. The number of rotatable bonds is 6. The van der Waals surface area contributed by atoms with Gasteiger partial charge in [0.2, 0.25) is 0 Å². The molecule has 1 saturated heterocycles. The van der Waals surface area contributed by atoms with E-state index in [1.54, 1.807) is 24.3 Å².